The zero-order valence-electron chi connectivity index (χ0n) is 18.6. The van der Waals surface area contributed by atoms with Gasteiger partial charge in [-0.1, -0.05) is 54.6 Å². The van der Waals surface area contributed by atoms with E-state index in [1.54, 1.807) is 23.9 Å². The second-order valence-corrected chi connectivity index (χ2v) is 8.19. The molecule has 3 aromatic carbocycles. The fourth-order valence-electron chi connectivity index (χ4n) is 4.19. The minimum atomic E-state index is -0.289. The second-order valence-electron chi connectivity index (χ2n) is 8.19. The maximum absolute atomic E-state index is 13.6. The number of nitrogens with zero attached hydrogens (tertiary/aromatic N) is 3. The molecule has 4 aromatic rings. The number of amides is 1. The summed E-state index contributed by atoms with van der Waals surface area (Å²) >= 11 is 0. The molecule has 0 fully saturated rings. The van der Waals surface area contributed by atoms with E-state index in [-0.39, 0.29) is 36.2 Å². The average Bonchev–Trinajstić information content (AvgIpc) is 3.27. The molecule has 34 heavy (non-hydrogen) atoms. The lowest BCUT2D eigenvalue weighted by atomic mass is 9.93. The van der Waals surface area contributed by atoms with Crippen molar-refractivity contribution in [2.45, 2.75) is 24.9 Å². The summed E-state index contributed by atoms with van der Waals surface area (Å²) in [5, 5.41) is 10.8. The van der Waals surface area contributed by atoms with Crippen molar-refractivity contribution in [3.8, 4) is 5.75 Å². The van der Waals surface area contributed by atoms with Gasteiger partial charge in [0.2, 0.25) is 11.9 Å². The van der Waals surface area contributed by atoms with Crippen molar-refractivity contribution in [3.05, 3.63) is 101 Å². The number of methoxy groups -OCH3 is 1. The Balaban J connectivity index is 1.39. The van der Waals surface area contributed by atoms with Crippen LogP contribution in [0.2, 0.25) is 0 Å². The van der Waals surface area contributed by atoms with Gasteiger partial charge in [0.15, 0.2) is 0 Å². The molecule has 172 valence electrons. The monoisotopic (exact) mass is 457 g/mol. The summed E-state index contributed by atoms with van der Waals surface area (Å²) in [6, 6.07) is 23.7. The lowest BCUT2D eigenvalue weighted by Crippen LogP contribution is -2.28. The number of carbonyl (C=O) groups excluding carboxylic acids is 1. The molecule has 0 unspecified atom stereocenters. The summed E-state index contributed by atoms with van der Waals surface area (Å²) in [6.45, 7) is 0. The standard InChI is InChI=1S/C26H24FN5O2/c1-34-21-13-7-17(8-14-21)15-24(33)29-25-30-26-28-22(18-5-3-2-4-6-18)16-23(32(26)31-25)19-9-11-20(27)12-10-19/h2-14,22-23H,15-16H2,1H3,(H2,28,29,30,31,33)/t22-,23+/m0/s1. The molecule has 1 aromatic heterocycles. The van der Waals surface area contributed by atoms with Gasteiger partial charge in [0.25, 0.3) is 5.95 Å². The third-order valence-electron chi connectivity index (χ3n) is 5.92. The zero-order valence-corrected chi connectivity index (χ0v) is 18.6. The van der Waals surface area contributed by atoms with E-state index in [1.165, 1.54) is 12.1 Å². The van der Waals surface area contributed by atoms with E-state index in [2.05, 4.69) is 32.8 Å². The van der Waals surface area contributed by atoms with E-state index >= 15 is 0 Å². The Bertz CT molecular complexity index is 1270. The van der Waals surface area contributed by atoms with Crippen molar-refractivity contribution in [1.29, 1.82) is 0 Å². The first-order valence-electron chi connectivity index (χ1n) is 11.1. The fourth-order valence-corrected chi connectivity index (χ4v) is 4.19. The van der Waals surface area contributed by atoms with Crippen LogP contribution < -0.4 is 15.4 Å². The van der Waals surface area contributed by atoms with Gasteiger partial charge in [0.1, 0.15) is 11.6 Å². The van der Waals surface area contributed by atoms with Crippen LogP contribution in [0.3, 0.4) is 0 Å². The summed E-state index contributed by atoms with van der Waals surface area (Å²) in [6.07, 6.45) is 0.889. The van der Waals surface area contributed by atoms with E-state index in [1.807, 2.05) is 42.5 Å². The maximum atomic E-state index is 13.6. The highest BCUT2D eigenvalue weighted by Crippen LogP contribution is 2.38. The molecule has 2 N–H and O–H groups in total. The van der Waals surface area contributed by atoms with Gasteiger partial charge in [-0.05, 0) is 47.4 Å². The number of fused-ring (bicyclic) bond motifs is 1. The SMILES string of the molecule is COc1ccc(CC(=O)Nc2nc3n(n2)[C@@H](c2ccc(F)cc2)C[C@@H](c2ccccc2)N3)cc1. The van der Waals surface area contributed by atoms with Gasteiger partial charge in [-0.15, -0.1) is 5.10 Å². The Morgan fingerprint density at radius 2 is 1.79 bits per heavy atom. The van der Waals surface area contributed by atoms with E-state index < -0.39 is 0 Å². The number of ether oxygens (including phenoxy) is 1. The topological polar surface area (TPSA) is 81.1 Å². The van der Waals surface area contributed by atoms with Crippen LogP contribution in [0, 0.1) is 5.82 Å². The van der Waals surface area contributed by atoms with Crippen LogP contribution in [0.25, 0.3) is 0 Å². The number of aromatic nitrogens is 3. The smallest absolute Gasteiger partial charge is 0.250 e. The van der Waals surface area contributed by atoms with Gasteiger partial charge >= 0.3 is 0 Å². The minimum absolute atomic E-state index is 0.00389. The van der Waals surface area contributed by atoms with Crippen LogP contribution in [0.4, 0.5) is 16.3 Å². The molecule has 0 saturated heterocycles. The molecule has 8 heteroatoms. The molecule has 1 amide bonds. The summed E-state index contributed by atoms with van der Waals surface area (Å²) in [5.41, 5.74) is 2.90. The Morgan fingerprint density at radius 3 is 2.50 bits per heavy atom. The Labute approximate surface area is 196 Å². The first-order valence-corrected chi connectivity index (χ1v) is 11.1. The molecule has 0 aliphatic carbocycles. The lowest BCUT2D eigenvalue weighted by Gasteiger charge is -2.31. The fraction of sp³-hybridized carbons (Fsp3) is 0.192. The van der Waals surface area contributed by atoms with Crippen molar-refractivity contribution < 1.29 is 13.9 Å². The summed E-state index contributed by atoms with van der Waals surface area (Å²) < 4.78 is 20.5. The van der Waals surface area contributed by atoms with Crippen molar-refractivity contribution in [2.75, 3.05) is 17.7 Å². The molecule has 1 aliphatic heterocycles. The number of benzene rings is 3. The number of rotatable bonds is 6. The number of anilines is 2. The number of halogens is 1. The van der Waals surface area contributed by atoms with Crippen molar-refractivity contribution in [1.82, 2.24) is 14.8 Å². The van der Waals surface area contributed by atoms with Crippen molar-refractivity contribution in [2.24, 2.45) is 0 Å². The molecule has 0 radical (unpaired) electrons. The first-order chi connectivity index (χ1) is 16.6. The summed E-state index contributed by atoms with van der Waals surface area (Å²) in [4.78, 5) is 17.2. The van der Waals surface area contributed by atoms with E-state index in [0.717, 1.165) is 22.4 Å². The Morgan fingerprint density at radius 1 is 1.06 bits per heavy atom. The van der Waals surface area contributed by atoms with Gasteiger partial charge in [0, 0.05) is 0 Å². The normalized spacial score (nSPS) is 16.9. The molecule has 2 heterocycles. The van der Waals surface area contributed by atoms with Gasteiger partial charge in [-0.25, -0.2) is 9.07 Å². The third kappa shape index (κ3) is 4.61. The van der Waals surface area contributed by atoms with Crippen LogP contribution in [0.15, 0.2) is 78.9 Å². The highest BCUT2D eigenvalue weighted by molar-refractivity contribution is 5.90. The largest absolute Gasteiger partial charge is 0.497 e. The molecule has 2 atom stereocenters. The molecular weight excluding hydrogens is 433 g/mol. The number of nitrogens with one attached hydrogen (secondary N) is 2. The van der Waals surface area contributed by atoms with Gasteiger partial charge in [-0.2, -0.15) is 4.98 Å². The second kappa shape index (κ2) is 9.35. The van der Waals surface area contributed by atoms with Crippen LogP contribution in [-0.4, -0.2) is 27.8 Å². The number of carbonyl (C=O) groups is 1. The van der Waals surface area contributed by atoms with E-state index in [0.29, 0.717) is 12.4 Å². The quantitative estimate of drug-likeness (QED) is 0.437. The maximum Gasteiger partial charge on any atom is 0.250 e. The molecule has 5 rings (SSSR count). The summed E-state index contributed by atoms with van der Waals surface area (Å²) in [7, 11) is 1.60. The minimum Gasteiger partial charge on any atom is -0.497 e. The molecule has 1 aliphatic rings. The van der Waals surface area contributed by atoms with Crippen LogP contribution >= 0.6 is 0 Å². The van der Waals surface area contributed by atoms with E-state index in [9.17, 15) is 9.18 Å². The predicted octanol–water partition coefficient (Wildman–Crippen LogP) is 4.75. The van der Waals surface area contributed by atoms with Gasteiger partial charge in [0.05, 0.1) is 25.6 Å². The van der Waals surface area contributed by atoms with Crippen molar-refractivity contribution >= 4 is 17.8 Å². The highest BCUT2D eigenvalue weighted by atomic mass is 19.1. The first kappa shape index (κ1) is 21.6. The number of hydrogen-bond acceptors (Lipinski definition) is 5. The molecule has 0 saturated carbocycles. The van der Waals surface area contributed by atoms with Gasteiger partial charge < -0.3 is 10.1 Å². The predicted molar refractivity (Wildman–Crippen MR) is 127 cm³/mol. The molecule has 0 spiro atoms. The van der Waals surface area contributed by atoms with Gasteiger partial charge in [-0.3, -0.25) is 10.1 Å². The van der Waals surface area contributed by atoms with Crippen LogP contribution in [0.5, 0.6) is 5.75 Å². The van der Waals surface area contributed by atoms with Crippen LogP contribution in [-0.2, 0) is 11.2 Å². The average molecular weight is 458 g/mol. The Kier molecular flexibility index (Phi) is 5.95. The summed E-state index contributed by atoms with van der Waals surface area (Å²) in [5.74, 6) is 1.00. The van der Waals surface area contributed by atoms with Crippen LogP contribution in [0.1, 0.15) is 35.2 Å². The number of hydrogen-bond donors (Lipinski definition) is 2. The van der Waals surface area contributed by atoms with E-state index in [4.69, 9.17) is 4.74 Å². The molecule has 7 nitrogen and oxygen atoms in total. The molecular formula is C26H24FN5O2. The van der Waals surface area contributed by atoms with Crippen molar-refractivity contribution in [3.63, 3.8) is 0 Å². The highest BCUT2D eigenvalue weighted by Gasteiger charge is 2.31. The Hall–Kier alpha value is -4.20. The zero-order chi connectivity index (χ0) is 23.5. The molecule has 0 bridgehead atoms. The third-order valence-corrected chi connectivity index (χ3v) is 5.92. The lowest BCUT2D eigenvalue weighted by molar-refractivity contribution is -0.115.